The lowest BCUT2D eigenvalue weighted by molar-refractivity contribution is 0.0383. The molecular weight excluding hydrogens is 328 g/mol. The van der Waals surface area contributed by atoms with Crippen LogP contribution < -0.4 is 10.1 Å². The highest BCUT2D eigenvalue weighted by Gasteiger charge is 2.18. The van der Waals surface area contributed by atoms with Crippen LogP contribution in [0.4, 0.5) is 0 Å². The Hall–Kier alpha value is -2.03. The van der Waals surface area contributed by atoms with Crippen LogP contribution in [0.25, 0.3) is 11.3 Å². The molecule has 3 rings (SSSR count). The van der Waals surface area contributed by atoms with Crippen molar-refractivity contribution in [3.05, 3.63) is 29.1 Å². The molecule has 0 spiro atoms. The molecule has 1 fully saturated rings. The van der Waals surface area contributed by atoms with E-state index in [1.165, 1.54) is 0 Å². The summed E-state index contributed by atoms with van der Waals surface area (Å²) in [6.45, 7) is 4.75. The molecule has 0 bridgehead atoms. The molecule has 1 N–H and O–H groups in total. The van der Waals surface area contributed by atoms with Crippen LogP contribution in [0.1, 0.15) is 9.67 Å². The minimum Gasteiger partial charge on any atom is -0.497 e. The van der Waals surface area contributed by atoms with Gasteiger partial charge < -0.3 is 14.8 Å². The zero-order chi connectivity index (χ0) is 16.8. The number of hydrogen-bond donors (Lipinski definition) is 1. The van der Waals surface area contributed by atoms with E-state index in [1.54, 1.807) is 7.11 Å². The molecule has 1 aromatic carbocycles. The molecule has 128 valence electrons. The Kier molecular flexibility index (Phi) is 5.73. The Morgan fingerprint density at radius 3 is 2.79 bits per heavy atom. The first-order valence-corrected chi connectivity index (χ1v) is 8.60. The number of ether oxygens (including phenoxy) is 2. The average Bonchev–Trinajstić information content (AvgIpc) is 3.12. The van der Waals surface area contributed by atoms with Gasteiger partial charge in [0.1, 0.15) is 16.3 Å². The lowest BCUT2D eigenvalue weighted by Gasteiger charge is -2.26. The Bertz CT molecular complexity index is 668. The Balaban J connectivity index is 1.60. The zero-order valence-electron chi connectivity index (χ0n) is 13.5. The Morgan fingerprint density at radius 2 is 2.08 bits per heavy atom. The maximum absolute atomic E-state index is 12.4. The quantitative estimate of drug-likeness (QED) is 0.847. The highest BCUT2D eigenvalue weighted by atomic mass is 32.1. The summed E-state index contributed by atoms with van der Waals surface area (Å²) in [4.78, 5) is 15.2. The molecule has 2 aromatic rings. The average molecular weight is 348 g/mol. The van der Waals surface area contributed by atoms with Gasteiger partial charge in [0, 0.05) is 31.7 Å². The summed E-state index contributed by atoms with van der Waals surface area (Å²) >= 11 is 1.11. The minimum absolute atomic E-state index is 0.135. The third kappa shape index (κ3) is 4.08. The van der Waals surface area contributed by atoms with E-state index in [0.29, 0.717) is 17.1 Å². The highest BCUT2D eigenvalue weighted by Crippen LogP contribution is 2.25. The van der Waals surface area contributed by atoms with E-state index in [0.717, 1.165) is 55.7 Å². The maximum atomic E-state index is 12.4. The molecule has 2 heterocycles. The van der Waals surface area contributed by atoms with Gasteiger partial charge in [-0.3, -0.25) is 9.69 Å². The largest absolute Gasteiger partial charge is 0.497 e. The number of amides is 1. The number of carbonyl (C=O) groups is 1. The number of rotatable bonds is 6. The molecule has 0 atom stereocenters. The second kappa shape index (κ2) is 8.18. The van der Waals surface area contributed by atoms with Crippen molar-refractivity contribution in [1.29, 1.82) is 0 Å². The van der Waals surface area contributed by atoms with Crippen molar-refractivity contribution in [2.45, 2.75) is 0 Å². The molecule has 1 saturated heterocycles. The topological polar surface area (TPSA) is 76.6 Å². The number of nitrogens with zero attached hydrogens (tertiary/aromatic N) is 3. The molecule has 1 amide bonds. The number of benzene rings is 1. The standard InChI is InChI=1S/C16H20N4O3S/c1-22-13-4-2-12(3-5-13)14-15(24-19-18-14)16(21)17-6-7-20-8-10-23-11-9-20/h2-5H,6-11H2,1H3,(H,17,21). The van der Waals surface area contributed by atoms with Crippen molar-refractivity contribution >= 4 is 17.4 Å². The van der Waals surface area contributed by atoms with Crippen LogP contribution in [-0.2, 0) is 4.74 Å². The highest BCUT2D eigenvalue weighted by molar-refractivity contribution is 7.08. The maximum Gasteiger partial charge on any atom is 0.265 e. The van der Waals surface area contributed by atoms with Crippen LogP contribution in [-0.4, -0.2) is 66.9 Å². The van der Waals surface area contributed by atoms with E-state index in [1.807, 2.05) is 24.3 Å². The summed E-state index contributed by atoms with van der Waals surface area (Å²) in [5.41, 5.74) is 1.45. The van der Waals surface area contributed by atoms with E-state index in [-0.39, 0.29) is 5.91 Å². The molecule has 1 aliphatic rings. The number of hydrogen-bond acceptors (Lipinski definition) is 7. The molecular formula is C16H20N4O3S. The molecule has 24 heavy (non-hydrogen) atoms. The fourth-order valence-corrected chi connectivity index (χ4v) is 3.11. The summed E-state index contributed by atoms with van der Waals surface area (Å²) in [5.74, 6) is 0.627. The van der Waals surface area contributed by atoms with Crippen LogP contribution in [0.5, 0.6) is 5.75 Å². The molecule has 0 aliphatic carbocycles. The van der Waals surface area contributed by atoms with Gasteiger partial charge in [0.2, 0.25) is 0 Å². The summed E-state index contributed by atoms with van der Waals surface area (Å²) in [6, 6.07) is 7.43. The van der Waals surface area contributed by atoms with Gasteiger partial charge in [-0.15, -0.1) is 5.10 Å². The number of morpholine rings is 1. The van der Waals surface area contributed by atoms with Crippen LogP contribution in [0.2, 0.25) is 0 Å². The molecule has 0 saturated carbocycles. The van der Waals surface area contributed by atoms with Crippen LogP contribution >= 0.6 is 11.5 Å². The van der Waals surface area contributed by atoms with E-state index >= 15 is 0 Å². The fraction of sp³-hybridized carbons (Fsp3) is 0.438. The van der Waals surface area contributed by atoms with Gasteiger partial charge in [-0.05, 0) is 35.8 Å². The zero-order valence-corrected chi connectivity index (χ0v) is 14.3. The van der Waals surface area contributed by atoms with Crippen molar-refractivity contribution in [2.75, 3.05) is 46.5 Å². The first-order chi connectivity index (χ1) is 11.8. The minimum atomic E-state index is -0.135. The molecule has 8 heteroatoms. The number of nitrogens with one attached hydrogen (secondary N) is 1. The molecule has 7 nitrogen and oxygen atoms in total. The monoisotopic (exact) mass is 348 g/mol. The summed E-state index contributed by atoms with van der Waals surface area (Å²) in [7, 11) is 1.62. The lowest BCUT2D eigenvalue weighted by Crippen LogP contribution is -2.41. The van der Waals surface area contributed by atoms with Gasteiger partial charge in [-0.1, -0.05) is 4.49 Å². The molecule has 0 radical (unpaired) electrons. The van der Waals surface area contributed by atoms with Crippen LogP contribution in [0.3, 0.4) is 0 Å². The third-order valence-electron chi connectivity index (χ3n) is 3.87. The van der Waals surface area contributed by atoms with E-state index < -0.39 is 0 Å². The van der Waals surface area contributed by atoms with Gasteiger partial charge in [-0.25, -0.2) is 0 Å². The number of methoxy groups -OCH3 is 1. The van der Waals surface area contributed by atoms with Crippen molar-refractivity contribution in [3.8, 4) is 17.0 Å². The van der Waals surface area contributed by atoms with Gasteiger partial charge in [0.25, 0.3) is 5.91 Å². The molecule has 1 aromatic heterocycles. The normalized spacial score (nSPS) is 15.2. The van der Waals surface area contributed by atoms with Crippen molar-refractivity contribution in [2.24, 2.45) is 0 Å². The molecule has 0 unspecified atom stereocenters. The second-order valence-electron chi connectivity index (χ2n) is 5.39. The van der Waals surface area contributed by atoms with Crippen molar-refractivity contribution < 1.29 is 14.3 Å². The summed E-state index contributed by atoms with van der Waals surface area (Å²) in [6.07, 6.45) is 0. The van der Waals surface area contributed by atoms with E-state index in [9.17, 15) is 4.79 Å². The van der Waals surface area contributed by atoms with Gasteiger partial charge in [0.15, 0.2) is 0 Å². The summed E-state index contributed by atoms with van der Waals surface area (Å²) in [5, 5.41) is 7.05. The first kappa shape index (κ1) is 16.8. The van der Waals surface area contributed by atoms with E-state index in [2.05, 4.69) is 19.8 Å². The SMILES string of the molecule is COc1ccc(-c2nnsc2C(=O)NCCN2CCOCC2)cc1. The number of aromatic nitrogens is 2. The molecule has 1 aliphatic heterocycles. The second-order valence-corrected chi connectivity index (χ2v) is 6.14. The predicted molar refractivity (Wildman–Crippen MR) is 91.5 cm³/mol. The third-order valence-corrected chi connectivity index (χ3v) is 4.60. The Morgan fingerprint density at radius 1 is 1.33 bits per heavy atom. The first-order valence-electron chi connectivity index (χ1n) is 7.83. The summed E-state index contributed by atoms with van der Waals surface area (Å²) < 4.78 is 14.4. The Labute approximate surface area is 144 Å². The smallest absolute Gasteiger partial charge is 0.265 e. The lowest BCUT2D eigenvalue weighted by atomic mass is 10.1. The van der Waals surface area contributed by atoms with E-state index in [4.69, 9.17) is 9.47 Å². The van der Waals surface area contributed by atoms with Gasteiger partial charge in [0.05, 0.1) is 20.3 Å². The number of carbonyl (C=O) groups excluding carboxylic acids is 1. The predicted octanol–water partition coefficient (Wildman–Crippen LogP) is 1.28. The van der Waals surface area contributed by atoms with Crippen molar-refractivity contribution in [3.63, 3.8) is 0 Å². The fourth-order valence-electron chi connectivity index (χ4n) is 2.51. The van der Waals surface area contributed by atoms with Gasteiger partial charge >= 0.3 is 0 Å². The van der Waals surface area contributed by atoms with Crippen LogP contribution in [0, 0.1) is 0 Å². The van der Waals surface area contributed by atoms with Crippen molar-refractivity contribution in [1.82, 2.24) is 19.8 Å². The van der Waals surface area contributed by atoms with Crippen LogP contribution in [0.15, 0.2) is 24.3 Å². The van der Waals surface area contributed by atoms with Gasteiger partial charge in [-0.2, -0.15) is 0 Å².